The predicted octanol–water partition coefficient (Wildman–Crippen LogP) is 5.35. The fourth-order valence-electron chi connectivity index (χ4n) is 4.45. The molecule has 1 N–H and O–H groups in total. The minimum Gasteiger partial charge on any atom is -0.481 e. The molecule has 0 spiro atoms. The molecule has 2 atom stereocenters. The highest BCUT2D eigenvalue weighted by molar-refractivity contribution is 5.93. The van der Waals surface area contributed by atoms with Crippen LogP contribution in [0.2, 0.25) is 0 Å². The van der Waals surface area contributed by atoms with Crippen molar-refractivity contribution in [2.24, 2.45) is 11.8 Å². The largest absolute Gasteiger partial charge is 0.481 e. The third-order valence-corrected chi connectivity index (χ3v) is 5.89. The fraction of sp³-hybridized carbons (Fsp3) is 0.385. The number of carbonyl (C=O) groups is 1. The van der Waals surface area contributed by atoms with Crippen LogP contribution in [-0.2, 0) is 4.79 Å². The van der Waals surface area contributed by atoms with Crippen molar-refractivity contribution in [3.05, 3.63) is 59.7 Å². The van der Waals surface area contributed by atoms with Gasteiger partial charge in [-0.1, -0.05) is 38.1 Å². The van der Waals surface area contributed by atoms with E-state index in [0.717, 1.165) is 46.6 Å². The molecule has 1 aliphatic rings. The molecule has 3 aromatic rings. The summed E-state index contributed by atoms with van der Waals surface area (Å²) in [6, 6.07) is 16.0. The van der Waals surface area contributed by atoms with Crippen molar-refractivity contribution < 1.29 is 9.53 Å². The lowest BCUT2D eigenvalue weighted by atomic mass is 9.92. The van der Waals surface area contributed by atoms with Gasteiger partial charge in [-0.25, -0.2) is 4.98 Å². The number of nitrogens with one attached hydrogen (secondary N) is 1. The molecule has 5 nitrogen and oxygen atoms in total. The van der Waals surface area contributed by atoms with Crippen LogP contribution in [0.25, 0.3) is 10.9 Å². The minimum absolute atomic E-state index is 0.0593. The Morgan fingerprint density at radius 2 is 1.87 bits per heavy atom. The Kier molecular flexibility index (Phi) is 6.12. The first kappa shape index (κ1) is 21.2. The van der Waals surface area contributed by atoms with Crippen molar-refractivity contribution in [3.63, 3.8) is 0 Å². The van der Waals surface area contributed by atoms with E-state index in [-0.39, 0.29) is 12.5 Å². The van der Waals surface area contributed by atoms with Crippen LogP contribution >= 0.6 is 0 Å². The van der Waals surface area contributed by atoms with Gasteiger partial charge in [0.05, 0.1) is 0 Å². The molecule has 0 saturated carbocycles. The van der Waals surface area contributed by atoms with Gasteiger partial charge >= 0.3 is 0 Å². The summed E-state index contributed by atoms with van der Waals surface area (Å²) in [7, 11) is 0. The van der Waals surface area contributed by atoms with E-state index in [9.17, 15) is 4.79 Å². The molecule has 0 radical (unpaired) electrons. The zero-order valence-corrected chi connectivity index (χ0v) is 18.8. The highest BCUT2D eigenvalue weighted by Gasteiger charge is 2.23. The lowest BCUT2D eigenvalue weighted by Crippen LogP contribution is -2.39. The normalized spacial score (nSPS) is 18.8. The van der Waals surface area contributed by atoms with E-state index in [1.165, 1.54) is 6.42 Å². The zero-order chi connectivity index (χ0) is 22.0. The van der Waals surface area contributed by atoms with Gasteiger partial charge in [0.1, 0.15) is 17.1 Å². The number of fused-ring (bicyclic) bond motifs is 1. The van der Waals surface area contributed by atoms with E-state index in [4.69, 9.17) is 9.72 Å². The van der Waals surface area contributed by atoms with Gasteiger partial charge in [0, 0.05) is 24.2 Å². The van der Waals surface area contributed by atoms with Gasteiger partial charge in [-0.05, 0) is 67.5 Å². The molecule has 0 aliphatic carbocycles. The summed E-state index contributed by atoms with van der Waals surface area (Å²) in [4.78, 5) is 19.8. The molecule has 0 bridgehead atoms. The number of piperidine rings is 1. The van der Waals surface area contributed by atoms with E-state index in [1.807, 2.05) is 50.2 Å². The third kappa shape index (κ3) is 4.98. The van der Waals surface area contributed by atoms with Crippen molar-refractivity contribution >= 4 is 28.3 Å². The summed E-state index contributed by atoms with van der Waals surface area (Å²) < 4.78 is 5.91. The van der Waals surface area contributed by atoms with Crippen LogP contribution in [0.4, 0.5) is 11.5 Å². The maximum absolute atomic E-state index is 12.5. The van der Waals surface area contributed by atoms with E-state index >= 15 is 0 Å². The summed E-state index contributed by atoms with van der Waals surface area (Å²) in [6.45, 7) is 10.6. The van der Waals surface area contributed by atoms with Crippen molar-refractivity contribution in [1.82, 2.24) is 4.98 Å². The van der Waals surface area contributed by atoms with E-state index < -0.39 is 0 Å². The average Bonchev–Trinajstić information content (AvgIpc) is 2.73. The first-order valence-electron chi connectivity index (χ1n) is 11.0. The molecular formula is C26H31N3O2. The number of ether oxygens (including phenoxy) is 1. The Morgan fingerprint density at radius 1 is 1.10 bits per heavy atom. The lowest BCUT2D eigenvalue weighted by Gasteiger charge is -2.35. The molecule has 2 heterocycles. The summed E-state index contributed by atoms with van der Waals surface area (Å²) in [6.07, 6.45) is 1.26. The lowest BCUT2D eigenvalue weighted by molar-refractivity contribution is -0.118. The number of benzene rings is 2. The number of para-hydroxylation sites is 1. The second kappa shape index (κ2) is 8.96. The molecule has 1 aromatic heterocycles. The Hall–Kier alpha value is -3.08. The van der Waals surface area contributed by atoms with Gasteiger partial charge in [0.15, 0.2) is 6.61 Å². The van der Waals surface area contributed by atoms with Gasteiger partial charge < -0.3 is 15.0 Å². The SMILES string of the molecule is Cc1ccc(C)c(NC(=O)COc2cccc3ccc(N4CC(C)CC(C)C4)nc23)c1. The standard InChI is InChI=1S/C26H31N3O2/c1-17-8-9-20(4)22(13-17)27-25(30)16-31-23-7-5-6-21-10-11-24(28-26(21)23)29-14-18(2)12-19(3)15-29/h5-11,13,18-19H,12,14-16H2,1-4H3,(H,27,30). The first-order valence-corrected chi connectivity index (χ1v) is 11.0. The fourth-order valence-corrected chi connectivity index (χ4v) is 4.45. The number of nitrogens with zero attached hydrogens (tertiary/aromatic N) is 2. The number of carbonyl (C=O) groups excluding carboxylic acids is 1. The maximum Gasteiger partial charge on any atom is 0.262 e. The Morgan fingerprint density at radius 3 is 2.65 bits per heavy atom. The second-order valence-corrected chi connectivity index (χ2v) is 9.00. The van der Waals surface area contributed by atoms with Gasteiger partial charge in [0.2, 0.25) is 0 Å². The topological polar surface area (TPSA) is 54.5 Å². The summed E-state index contributed by atoms with van der Waals surface area (Å²) in [5.74, 6) is 2.74. The minimum atomic E-state index is -0.180. The number of anilines is 2. The summed E-state index contributed by atoms with van der Waals surface area (Å²) in [5.41, 5.74) is 3.75. The van der Waals surface area contributed by atoms with E-state index in [1.54, 1.807) is 0 Å². The van der Waals surface area contributed by atoms with Crippen LogP contribution in [0.5, 0.6) is 5.75 Å². The Labute approximate surface area is 184 Å². The molecular weight excluding hydrogens is 386 g/mol. The Balaban J connectivity index is 1.51. The van der Waals surface area contributed by atoms with Gasteiger partial charge in [0.25, 0.3) is 5.91 Å². The highest BCUT2D eigenvalue weighted by atomic mass is 16.5. The zero-order valence-electron chi connectivity index (χ0n) is 18.8. The molecule has 4 rings (SSSR count). The Bertz CT molecular complexity index is 1090. The molecule has 2 aromatic carbocycles. The monoisotopic (exact) mass is 417 g/mol. The van der Waals surface area contributed by atoms with Crippen LogP contribution in [0.15, 0.2) is 48.5 Å². The number of aromatic nitrogens is 1. The maximum atomic E-state index is 12.5. The number of pyridine rings is 1. The van der Waals surface area contributed by atoms with E-state index in [2.05, 4.69) is 36.2 Å². The quantitative estimate of drug-likeness (QED) is 0.608. The van der Waals surface area contributed by atoms with Crippen LogP contribution in [0.1, 0.15) is 31.4 Å². The van der Waals surface area contributed by atoms with Crippen LogP contribution < -0.4 is 15.0 Å². The number of hydrogen-bond donors (Lipinski definition) is 1. The van der Waals surface area contributed by atoms with Crippen molar-refractivity contribution in [3.8, 4) is 5.75 Å². The van der Waals surface area contributed by atoms with Crippen molar-refractivity contribution in [2.45, 2.75) is 34.1 Å². The molecule has 2 unspecified atom stereocenters. The van der Waals surface area contributed by atoms with Crippen molar-refractivity contribution in [1.29, 1.82) is 0 Å². The average molecular weight is 418 g/mol. The number of hydrogen-bond acceptors (Lipinski definition) is 4. The predicted molar refractivity (Wildman–Crippen MR) is 127 cm³/mol. The summed E-state index contributed by atoms with van der Waals surface area (Å²) >= 11 is 0. The molecule has 31 heavy (non-hydrogen) atoms. The number of rotatable bonds is 5. The number of amides is 1. The van der Waals surface area contributed by atoms with Crippen LogP contribution in [-0.4, -0.2) is 30.6 Å². The molecule has 1 saturated heterocycles. The molecule has 5 heteroatoms. The second-order valence-electron chi connectivity index (χ2n) is 9.00. The highest BCUT2D eigenvalue weighted by Crippen LogP contribution is 2.30. The van der Waals surface area contributed by atoms with Gasteiger partial charge in [-0.3, -0.25) is 4.79 Å². The molecule has 162 valence electrons. The molecule has 1 aliphatic heterocycles. The first-order chi connectivity index (χ1) is 14.9. The third-order valence-electron chi connectivity index (χ3n) is 5.89. The van der Waals surface area contributed by atoms with E-state index in [0.29, 0.717) is 17.6 Å². The smallest absolute Gasteiger partial charge is 0.262 e. The summed E-state index contributed by atoms with van der Waals surface area (Å²) in [5, 5.41) is 3.96. The number of aryl methyl sites for hydroxylation is 2. The van der Waals surface area contributed by atoms with Gasteiger partial charge in [-0.2, -0.15) is 0 Å². The molecule has 1 fully saturated rings. The van der Waals surface area contributed by atoms with Gasteiger partial charge in [-0.15, -0.1) is 0 Å². The van der Waals surface area contributed by atoms with Crippen LogP contribution in [0, 0.1) is 25.7 Å². The molecule has 1 amide bonds. The van der Waals surface area contributed by atoms with Crippen LogP contribution in [0.3, 0.4) is 0 Å². The van der Waals surface area contributed by atoms with Crippen molar-refractivity contribution in [2.75, 3.05) is 29.9 Å².